The van der Waals surface area contributed by atoms with Gasteiger partial charge >= 0.3 is 0 Å². The molecular weight excluding hydrogens is 422 g/mol. The van der Waals surface area contributed by atoms with E-state index >= 15 is 0 Å². The lowest BCUT2D eigenvalue weighted by Gasteiger charge is -2.37. The van der Waals surface area contributed by atoms with E-state index in [1.807, 2.05) is 0 Å². The standard InChI is InChI=1S/C25H29N3O3S/c1-25(2)11-3-4-17-20(25)19(23-26-21(28-31-23)15-9-10-15)24(32-17)27-22(30)18-14-7-5-13(6-8-14)16(18)12-29/h12-15H,3-11H2,1-2H3,(H,27,30). The third-order valence-electron chi connectivity index (χ3n) is 7.95. The number of carbonyl (C=O) groups is 2. The highest BCUT2D eigenvalue weighted by Gasteiger charge is 2.40. The lowest BCUT2D eigenvalue weighted by atomic mass is 9.67. The van der Waals surface area contributed by atoms with E-state index in [0.29, 0.717) is 17.4 Å². The van der Waals surface area contributed by atoms with Crippen LogP contribution in [0.3, 0.4) is 0 Å². The lowest BCUT2D eigenvalue weighted by molar-refractivity contribution is -0.114. The molecule has 2 fully saturated rings. The molecule has 32 heavy (non-hydrogen) atoms. The van der Waals surface area contributed by atoms with Gasteiger partial charge in [-0.15, -0.1) is 11.3 Å². The summed E-state index contributed by atoms with van der Waals surface area (Å²) >= 11 is 1.64. The summed E-state index contributed by atoms with van der Waals surface area (Å²) in [6.07, 6.45) is 10.4. The maximum Gasteiger partial charge on any atom is 0.261 e. The Balaban J connectivity index is 1.43. The third kappa shape index (κ3) is 3.19. The number of thiophene rings is 1. The fourth-order valence-corrected chi connectivity index (χ4v) is 7.53. The first-order chi connectivity index (χ1) is 15.5. The van der Waals surface area contributed by atoms with Crippen LogP contribution in [0.15, 0.2) is 15.7 Å². The van der Waals surface area contributed by atoms with E-state index in [9.17, 15) is 9.59 Å². The van der Waals surface area contributed by atoms with Gasteiger partial charge in [0.15, 0.2) is 5.82 Å². The van der Waals surface area contributed by atoms with Crippen molar-refractivity contribution < 1.29 is 14.1 Å². The van der Waals surface area contributed by atoms with Crippen LogP contribution in [0.2, 0.25) is 0 Å². The quantitative estimate of drug-likeness (QED) is 0.603. The molecule has 0 unspecified atom stereocenters. The third-order valence-corrected chi connectivity index (χ3v) is 9.11. The Bertz CT molecular complexity index is 1130. The molecule has 7 heteroatoms. The van der Waals surface area contributed by atoms with Gasteiger partial charge in [0.2, 0.25) is 0 Å². The minimum atomic E-state index is -0.124. The molecule has 2 aromatic heterocycles. The minimum Gasteiger partial charge on any atom is -0.334 e. The van der Waals surface area contributed by atoms with Crippen LogP contribution in [-0.2, 0) is 21.4 Å². The molecule has 0 spiro atoms. The van der Waals surface area contributed by atoms with Crippen molar-refractivity contribution in [3.05, 3.63) is 27.4 Å². The SMILES string of the molecule is CC1(C)CCCc2sc(NC(=O)C3=C(C=O)C4CCC3CC4)c(-c3nc(C4CC4)no3)c21. The number of aldehydes is 1. The fourth-order valence-electron chi connectivity index (χ4n) is 6.12. The molecule has 0 atom stereocenters. The Kier molecular flexibility index (Phi) is 4.68. The number of fused-ring (bicyclic) bond motifs is 3. The van der Waals surface area contributed by atoms with Crippen LogP contribution < -0.4 is 5.32 Å². The maximum absolute atomic E-state index is 13.5. The summed E-state index contributed by atoms with van der Waals surface area (Å²) in [6, 6.07) is 0. The van der Waals surface area contributed by atoms with Crippen molar-refractivity contribution in [2.75, 3.05) is 5.32 Å². The van der Waals surface area contributed by atoms with Crippen LogP contribution in [-0.4, -0.2) is 22.3 Å². The van der Waals surface area contributed by atoms with Crippen LogP contribution in [0.1, 0.15) is 87.4 Å². The molecule has 6 nitrogen and oxygen atoms in total. The van der Waals surface area contributed by atoms with Crippen molar-refractivity contribution in [1.29, 1.82) is 0 Å². The zero-order valence-electron chi connectivity index (χ0n) is 18.7. The number of nitrogens with zero attached hydrogens (tertiary/aromatic N) is 2. The second-order valence-electron chi connectivity index (χ2n) is 10.6. The topological polar surface area (TPSA) is 85.1 Å². The highest BCUT2D eigenvalue weighted by molar-refractivity contribution is 7.17. The number of hydrogen-bond acceptors (Lipinski definition) is 6. The molecule has 5 aliphatic carbocycles. The van der Waals surface area contributed by atoms with Crippen LogP contribution in [0.25, 0.3) is 11.5 Å². The molecule has 7 rings (SSSR count). The summed E-state index contributed by atoms with van der Waals surface area (Å²) in [5.41, 5.74) is 3.56. The number of rotatable bonds is 5. The predicted octanol–water partition coefficient (Wildman–Crippen LogP) is 5.54. The van der Waals surface area contributed by atoms with Gasteiger partial charge in [-0.2, -0.15) is 4.98 Å². The Labute approximate surface area is 191 Å². The van der Waals surface area contributed by atoms with Gasteiger partial charge in [0.25, 0.3) is 11.8 Å². The zero-order valence-corrected chi connectivity index (χ0v) is 19.5. The zero-order chi connectivity index (χ0) is 22.0. The van der Waals surface area contributed by atoms with Crippen LogP contribution in [0.5, 0.6) is 0 Å². The molecule has 168 valence electrons. The molecule has 0 radical (unpaired) electrons. The summed E-state index contributed by atoms with van der Waals surface area (Å²) in [4.78, 5) is 31.4. The van der Waals surface area contributed by atoms with Crippen molar-refractivity contribution in [3.63, 3.8) is 0 Å². The van der Waals surface area contributed by atoms with Gasteiger partial charge in [0.1, 0.15) is 11.3 Å². The van der Waals surface area contributed by atoms with E-state index in [2.05, 4.69) is 24.3 Å². The number of hydrogen-bond donors (Lipinski definition) is 1. The molecule has 0 saturated heterocycles. The van der Waals surface area contributed by atoms with Gasteiger partial charge in [-0.05, 0) is 80.6 Å². The molecule has 2 saturated carbocycles. The van der Waals surface area contributed by atoms with Gasteiger partial charge in [0, 0.05) is 21.9 Å². The number of amides is 1. The first kappa shape index (κ1) is 20.3. The molecule has 2 aromatic rings. The molecular formula is C25H29N3O3S. The molecule has 1 amide bonds. The number of allylic oxidation sites excluding steroid dienone is 1. The monoisotopic (exact) mass is 451 g/mol. The van der Waals surface area contributed by atoms with Crippen molar-refractivity contribution in [3.8, 4) is 11.5 Å². The average molecular weight is 452 g/mol. The highest BCUT2D eigenvalue weighted by Crippen LogP contribution is 2.52. The molecule has 2 bridgehead atoms. The Morgan fingerprint density at radius 2 is 1.84 bits per heavy atom. The second-order valence-corrected chi connectivity index (χ2v) is 11.7. The van der Waals surface area contributed by atoms with E-state index in [-0.39, 0.29) is 23.2 Å². The van der Waals surface area contributed by atoms with Crippen molar-refractivity contribution in [2.24, 2.45) is 11.8 Å². The summed E-state index contributed by atoms with van der Waals surface area (Å²) < 4.78 is 5.76. The number of anilines is 1. The lowest BCUT2D eigenvalue weighted by Crippen LogP contribution is -2.33. The van der Waals surface area contributed by atoms with Gasteiger partial charge in [-0.25, -0.2) is 0 Å². The van der Waals surface area contributed by atoms with Crippen LogP contribution >= 0.6 is 11.3 Å². The van der Waals surface area contributed by atoms with Gasteiger partial charge < -0.3 is 9.84 Å². The normalized spacial score (nSPS) is 26.2. The largest absolute Gasteiger partial charge is 0.334 e. The summed E-state index contributed by atoms with van der Waals surface area (Å²) in [6.45, 7) is 4.52. The Hall–Kier alpha value is -2.28. The van der Waals surface area contributed by atoms with E-state index in [0.717, 1.165) is 86.0 Å². The molecule has 0 aliphatic heterocycles. The fraction of sp³-hybridized carbons (Fsp3) is 0.600. The van der Waals surface area contributed by atoms with Crippen LogP contribution in [0.4, 0.5) is 5.00 Å². The van der Waals surface area contributed by atoms with Crippen molar-refractivity contribution in [2.45, 2.75) is 83.0 Å². The summed E-state index contributed by atoms with van der Waals surface area (Å²) in [5.74, 6) is 2.02. The summed E-state index contributed by atoms with van der Waals surface area (Å²) in [7, 11) is 0. The number of aromatic nitrogens is 2. The van der Waals surface area contributed by atoms with E-state index in [1.54, 1.807) is 11.3 Å². The minimum absolute atomic E-state index is 0.0201. The van der Waals surface area contributed by atoms with Gasteiger partial charge in [0.05, 0.1) is 5.56 Å². The first-order valence-electron chi connectivity index (χ1n) is 12.0. The highest BCUT2D eigenvalue weighted by atomic mass is 32.1. The molecule has 5 aliphatic rings. The second kappa shape index (κ2) is 7.37. The van der Waals surface area contributed by atoms with E-state index in [1.165, 1.54) is 10.4 Å². The number of aryl methyl sites for hydroxylation is 1. The van der Waals surface area contributed by atoms with E-state index in [4.69, 9.17) is 9.51 Å². The molecule has 2 heterocycles. The molecule has 0 aromatic carbocycles. The average Bonchev–Trinajstić information content (AvgIpc) is 3.40. The number of nitrogens with one attached hydrogen (secondary N) is 1. The predicted molar refractivity (Wildman–Crippen MR) is 123 cm³/mol. The van der Waals surface area contributed by atoms with Crippen molar-refractivity contribution in [1.82, 2.24) is 10.1 Å². The maximum atomic E-state index is 13.5. The summed E-state index contributed by atoms with van der Waals surface area (Å²) in [5, 5.41) is 8.25. The Morgan fingerprint density at radius 1 is 1.12 bits per heavy atom. The molecule has 1 N–H and O–H groups in total. The van der Waals surface area contributed by atoms with Crippen LogP contribution in [0, 0.1) is 11.8 Å². The Morgan fingerprint density at radius 3 is 2.56 bits per heavy atom. The number of carbonyl (C=O) groups excluding carboxylic acids is 2. The van der Waals surface area contributed by atoms with Gasteiger partial charge in [-0.3, -0.25) is 9.59 Å². The smallest absolute Gasteiger partial charge is 0.261 e. The first-order valence-corrected chi connectivity index (χ1v) is 12.8. The van der Waals surface area contributed by atoms with Gasteiger partial charge in [-0.1, -0.05) is 19.0 Å². The van der Waals surface area contributed by atoms with E-state index < -0.39 is 0 Å². The van der Waals surface area contributed by atoms with Crippen molar-refractivity contribution >= 4 is 28.5 Å².